The Morgan fingerprint density at radius 1 is 1.03 bits per heavy atom. The molecule has 3 aliphatic rings. The second kappa shape index (κ2) is 11.9. The lowest BCUT2D eigenvalue weighted by Crippen LogP contribution is -2.46. The topological polar surface area (TPSA) is 79.5 Å². The van der Waals surface area contributed by atoms with Crippen LogP contribution in [0.5, 0.6) is 0 Å². The van der Waals surface area contributed by atoms with Gasteiger partial charge in [-0.05, 0) is 49.9 Å². The van der Waals surface area contributed by atoms with Crippen molar-refractivity contribution >= 4 is 5.97 Å². The molecule has 5 heteroatoms. The molecule has 0 atom stereocenters. The molecule has 2 aliphatic carbocycles. The van der Waals surface area contributed by atoms with Crippen molar-refractivity contribution in [3.05, 3.63) is 0 Å². The molecule has 0 aromatic carbocycles. The zero-order valence-corrected chi connectivity index (χ0v) is 18.6. The van der Waals surface area contributed by atoms with Gasteiger partial charge in [-0.25, -0.2) is 0 Å². The number of carboxylic acid groups (broad SMARTS) is 1. The minimum Gasteiger partial charge on any atom is -0.480 e. The molecule has 1 heterocycles. The molecule has 0 unspecified atom stereocenters. The van der Waals surface area contributed by atoms with Crippen molar-refractivity contribution in [2.24, 2.45) is 16.7 Å². The summed E-state index contributed by atoms with van der Waals surface area (Å²) in [6.07, 6.45) is 18.8. The molecule has 3 fully saturated rings. The molecule has 1 saturated heterocycles. The Morgan fingerprint density at radius 2 is 1.62 bits per heavy atom. The van der Waals surface area contributed by atoms with E-state index in [-0.39, 0.29) is 19.5 Å². The van der Waals surface area contributed by atoms with Crippen LogP contribution in [0.1, 0.15) is 104 Å². The van der Waals surface area contributed by atoms with Gasteiger partial charge in [0, 0.05) is 0 Å². The predicted molar refractivity (Wildman–Crippen MR) is 113 cm³/mol. The first-order chi connectivity index (χ1) is 14.0. The van der Waals surface area contributed by atoms with Crippen molar-refractivity contribution in [3.63, 3.8) is 0 Å². The van der Waals surface area contributed by atoms with Crippen LogP contribution in [0.2, 0.25) is 0 Å². The molecule has 0 aromatic heterocycles. The molecule has 2 saturated carbocycles. The fraction of sp³-hybridized carbons (Fsp3) is 0.917. The van der Waals surface area contributed by atoms with E-state index in [0.717, 1.165) is 37.0 Å². The van der Waals surface area contributed by atoms with E-state index in [1.807, 2.05) is 0 Å². The summed E-state index contributed by atoms with van der Waals surface area (Å²) in [5.74, 6) is -0.0939. The Bertz CT molecular complexity index is 521. The SMILES string of the molecule is CC1(C2CCCCC2)CCCCC1.CCCCCC1OCC(C#N)(C(=O)O)CO1. The molecule has 3 rings (SSSR count). The Morgan fingerprint density at radius 3 is 2.14 bits per heavy atom. The first-order valence-corrected chi connectivity index (χ1v) is 11.8. The number of aliphatic carboxylic acids is 1. The normalized spacial score (nSPS) is 29.9. The van der Waals surface area contributed by atoms with Crippen LogP contribution in [0.4, 0.5) is 0 Å². The minimum absolute atomic E-state index is 0.0877. The molecule has 1 N–H and O–H groups in total. The van der Waals surface area contributed by atoms with Crippen molar-refractivity contribution in [2.75, 3.05) is 13.2 Å². The second-order valence-corrected chi connectivity index (χ2v) is 9.60. The molecular formula is C24H41NO4. The first kappa shape index (κ1) is 24.2. The van der Waals surface area contributed by atoms with Crippen LogP contribution in [0.15, 0.2) is 0 Å². The maximum absolute atomic E-state index is 10.9. The maximum atomic E-state index is 10.9. The molecule has 29 heavy (non-hydrogen) atoms. The number of ether oxygens (including phenoxy) is 2. The van der Waals surface area contributed by atoms with Gasteiger partial charge in [-0.15, -0.1) is 0 Å². The van der Waals surface area contributed by atoms with Crippen LogP contribution in [-0.2, 0) is 14.3 Å². The summed E-state index contributed by atoms with van der Waals surface area (Å²) in [6.45, 7) is 4.50. The molecule has 0 radical (unpaired) electrons. The highest BCUT2D eigenvalue weighted by Gasteiger charge is 2.44. The van der Waals surface area contributed by atoms with E-state index in [2.05, 4.69) is 13.8 Å². The highest BCUT2D eigenvalue weighted by Crippen LogP contribution is 2.47. The Labute approximate surface area is 177 Å². The number of carbonyl (C=O) groups is 1. The summed E-state index contributed by atoms with van der Waals surface area (Å²) in [5.41, 5.74) is -0.778. The summed E-state index contributed by atoms with van der Waals surface area (Å²) in [7, 11) is 0. The molecule has 5 nitrogen and oxygen atoms in total. The third kappa shape index (κ3) is 6.96. The van der Waals surface area contributed by atoms with Crippen molar-refractivity contribution in [3.8, 4) is 6.07 Å². The number of unbranched alkanes of at least 4 members (excludes halogenated alkanes) is 2. The monoisotopic (exact) mass is 407 g/mol. The Hall–Kier alpha value is -1.12. The fourth-order valence-corrected chi connectivity index (χ4v) is 5.09. The van der Waals surface area contributed by atoms with E-state index < -0.39 is 11.4 Å². The summed E-state index contributed by atoms with van der Waals surface area (Å²) in [6, 6.07) is 1.76. The third-order valence-corrected chi connectivity index (χ3v) is 7.28. The van der Waals surface area contributed by atoms with Gasteiger partial charge in [0.1, 0.15) is 0 Å². The van der Waals surface area contributed by atoms with Gasteiger partial charge in [0.25, 0.3) is 0 Å². The average molecular weight is 408 g/mol. The van der Waals surface area contributed by atoms with E-state index >= 15 is 0 Å². The summed E-state index contributed by atoms with van der Waals surface area (Å²) < 4.78 is 10.5. The van der Waals surface area contributed by atoms with Gasteiger partial charge in [-0.2, -0.15) is 5.26 Å². The van der Waals surface area contributed by atoms with E-state index in [0.29, 0.717) is 0 Å². The van der Waals surface area contributed by atoms with E-state index in [9.17, 15) is 4.79 Å². The van der Waals surface area contributed by atoms with Crippen LogP contribution in [0.25, 0.3) is 0 Å². The highest BCUT2D eigenvalue weighted by atomic mass is 16.7. The average Bonchev–Trinajstić information content (AvgIpc) is 2.76. The quantitative estimate of drug-likeness (QED) is 0.540. The van der Waals surface area contributed by atoms with Crippen molar-refractivity contribution < 1.29 is 19.4 Å². The smallest absolute Gasteiger partial charge is 0.328 e. The Kier molecular flexibility index (Phi) is 9.92. The summed E-state index contributed by atoms with van der Waals surface area (Å²) in [4.78, 5) is 10.9. The molecule has 0 aromatic rings. The van der Waals surface area contributed by atoms with Crippen LogP contribution in [0.3, 0.4) is 0 Å². The van der Waals surface area contributed by atoms with Gasteiger partial charge in [-0.3, -0.25) is 4.79 Å². The van der Waals surface area contributed by atoms with Gasteiger partial charge in [0.05, 0.1) is 19.3 Å². The lowest BCUT2D eigenvalue weighted by molar-refractivity contribution is -0.224. The predicted octanol–water partition coefficient (Wildman–Crippen LogP) is 6.07. The van der Waals surface area contributed by atoms with Crippen LogP contribution in [0, 0.1) is 28.1 Å². The fourth-order valence-electron chi connectivity index (χ4n) is 5.09. The molecular weight excluding hydrogens is 366 g/mol. The number of rotatable bonds is 6. The van der Waals surface area contributed by atoms with Crippen LogP contribution in [-0.4, -0.2) is 30.6 Å². The van der Waals surface area contributed by atoms with Crippen molar-refractivity contribution in [2.45, 2.75) is 110 Å². The van der Waals surface area contributed by atoms with E-state index in [4.69, 9.17) is 19.8 Å². The zero-order chi connectivity index (χ0) is 21.2. The van der Waals surface area contributed by atoms with Gasteiger partial charge < -0.3 is 14.6 Å². The van der Waals surface area contributed by atoms with Gasteiger partial charge in [0.2, 0.25) is 5.41 Å². The van der Waals surface area contributed by atoms with Crippen molar-refractivity contribution in [1.82, 2.24) is 0 Å². The number of nitriles is 1. The summed E-state index contributed by atoms with van der Waals surface area (Å²) >= 11 is 0. The zero-order valence-electron chi connectivity index (χ0n) is 18.6. The largest absolute Gasteiger partial charge is 0.480 e. The van der Waals surface area contributed by atoms with E-state index in [1.54, 1.807) is 6.07 Å². The number of hydrogen-bond donors (Lipinski definition) is 1. The summed E-state index contributed by atoms with van der Waals surface area (Å²) in [5, 5.41) is 17.7. The first-order valence-electron chi connectivity index (χ1n) is 11.8. The second-order valence-electron chi connectivity index (χ2n) is 9.60. The molecule has 166 valence electrons. The third-order valence-electron chi connectivity index (χ3n) is 7.28. The Balaban J connectivity index is 0.000000211. The van der Waals surface area contributed by atoms with Crippen LogP contribution < -0.4 is 0 Å². The maximum Gasteiger partial charge on any atom is 0.328 e. The van der Waals surface area contributed by atoms with Gasteiger partial charge >= 0.3 is 5.97 Å². The van der Waals surface area contributed by atoms with Crippen LogP contribution >= 0.6 is 0 Å². The number of carboxylic acids is 1. The lowest BCUT2D eigenvalue weighted by atomic mass is 9.63. The molecule has 1 aliphatic heterocycles. The van der Waals surface area contributed by atoms with Gasteiger partial charge in [-0.1, -0.05) is 65.2 Å². The number of hydrogen-bond acceptors (Lipinski definition) is 4. The lowest BCUT2D eigenvalue weighted by Gasteiger charge is -2.42. The highest BCUT2D eigenvalue weighted by molar-refractivity contribution is 5.78. The van der Waals surface area contributed by atoms with Crippen molar-refractivity contribution in [1.29, 1.82) is 5.26 Å². The molecule has 0 spiro atoms. The standard InChI is InChI=1S/C13H24.C11H17NO4/c1-13(10-6-3-7-11-13)12-8-4-2-5-9-12;1-2-3-4-5-9-15-7-11(6-12,8-16-9)10(13)14/h12H,2-11H2,1H3;9H,2-5,7-8H2,1H3,(H,13,14). The molecule has 0 amide bonds. The number of nitrogens with zero attached hydrogens (tertiary/aromatic N) is 1. The molecule has 0 bridgehead atoms. The van der Waals surface area contributed by atoms with Gasteiger partial charge in [0.15, 0.2) is 6.29 Å². The minimum atomic E-state index is -1.53. The van der Waals surface area contributed by atoms with E-state index in [1.165, 1.54) is 64.2 Å².